The first-order valence-electron chi connectivity index (χ1n) is 26.6. The lowest BCUT2D eigenvalue weighted by atomic mass is 9.73. The second-order valence-electron chi connectivity index (χ2n) is 21.3. The van der Waals surface area contributed by atoms with E-state index < -0.39 is 29.5 Å². The Morgan fingerprint density at radius 1 is 0.846 bits per heavy atom. The number of amides is 4. The first kappa shape index (κ1) is 55.3. The van der Waals surface area contributed by atoms with Gasteiger partial charge in [-0.2, -0.15) is 0 Å². The van der Waals surface area contributed by atoms with Gasteiger partial charge < -0.3 is 46.9 Å². The lowest BCUT2D eigenvalue weighted by molar-refractivity contribution is -0.144. The molecule has 4 aromatic heterocycles. The monoisotopic (exact) mass is 1080 g/mol. The number of nitrogen functional groups attached to an aromatic ring is 1. The van der Waals surface area contributed by atoms with E-state index in [4.69, 9.17) is 30.9 Å². The number of aromatic nitrogens is 5. The number of hydrogen-bond donors (Lipinski definition) is 6. The second kappa shape index (κ2) is 24.5. The largest absolute Gasteiger partial charge is 0.391 e. The Hall–Kier alpha value is -7.42. The summed E-state index contributed by atoms with van der Waals surface area (Å²) < 4.78 is 13.3. The van der Waals surface area contributed by atoms with Crippen LogP contribution in [-0.4, -0.2) is 116 Å². The normalized spacial score (nSPS) is 16.4. The van der Waals surface area contributed by atoms with Crippen molar-refractivity contribution in [3.8, 4) is 38.8 Å². The summed E-state index contributed by atoms with van der Waals surface area (Å²) in [6.07, 6.45) is 4.74. The van der Waals surface area contributed by atoms with E-state index in [0.717, 1.165) is 69.0 Å². The molecule has 19 heteroatoms. The third kappa shape index (κ3) is 13.1. The third-order valence-corrected chi connectivity index (χ3v) is 15.5. The zero-order valence-corrected chi connectivity index (χ0v) is 45.5. The van der Waals surface area contributed by atoms with E-state index in [1.165, 1.54) is 4.90 Å². The number of aliphatic hydroxyl groups is 1. The molecule has 1 aliphatic heterocycles. The van der Waals surface area contributed by atoms with Gasteiger partial charge in [0.05, 0.1) is 59.9 Å². The Morgan fingerprint density at radius 2 is 1.62 bits per heavy atom. The SMILES string of the molecule is Cc1ncsc1-c1ccc(CNC(=O)[C@@H]2C[C@@H](O)CN2C(=O)[C@@H](NC(=O)CCOCCOCCNC(=O)CCc2cccc(-c3ccc4nc(-c5cccnc5N)n(-c5ccc(C6(N)CCC6)cc5)c4n3)c2)C(C)(C)C)cc1. The number of imidazole rings is 1. The number of aryl methyl sites for hydroxylation is 2. The van der Waals surface area contributed by atoms with Crippen LogP contribution >= 0.6 is 11.3 Å². The zero-order chi connectivity index (χ0) is 55.0. The second-order valence-corrected chi connectivity index (χ2v) is 22.1. The molecule has 0 unspecified atom stereocenters. The van der Waals surface area contributed by atoms with Crippen LogP contribution < -0.4 is 27.4 Å². The molecule has 1 aliphatic carbocycles. The summed E-state index contributed by atoms with van der Waals surface area (Å²) >= 11 is 1.57. The van der Waals surface area contributed by atoms with E-state index in [2.05, 4.69) is 56.3 Å². The summed E-state index contributed by atoms with van der Waals surface area (Å²) in [4.78, 5) is 74.8. The topological polar surface area (TPSA) is 255 Å². The van der Waals surface area contributed by atoms with Crippen LogP contribution in [0.2, 0.25) is 0 Å². The molecule has 7 aromatic rings. The van der Waals surface area contributed by atoms with Gasteiger partial charge in [-0.25, -0.2) is 19.9 Å². The number of β-amino-alcohol motifs (C(OH)–C–C–N with tert-alkyl or cyclic N) is 1. The lowest BCUT2D eigenvalue weighted by Crippen LogP contribution is -2.57. The van der Waals surface area contributed by atoms with Crippen LogP contribution in [0.4, 0.5) is 5.82 Å². The van der Waals surface area contributed by atoms with Crippen LogP contribution in [0.1, 0.15) is 81.7 Å². The predicted octanol–water partition coefficient (Wildman–Crippen LogP) is 6.78. The molecule has 4 amide bonds. The number of carbonyl (C=O) groups is 4. The molecule has 8 N–H and O–H groups in total. The van der Waals surface area contributed by atoms with Gasteiger partial charge in [0.1, 0.15) is 23.4 Å². The van der Waals surface area contributed by atoms with E-state index >= 15 is 0 Å². The van der Waals surface area contributed by atoms with Crippen LogP contribution in [-0.2, 0) is 47.2 Å². The maximum atomic E-state index is 14.0. The number of pyridine rings is 2. The van der Waals surface area contributed by atoms with E-state index in [0.29, 0.717) is 41.3 Å². The van der Waals surface area contributed by atoms with Gasteiger partial charge >= 0.3 is 0 Å². The molecule has 1 saturated heterocycles. The number of nitrogens with two attached hydrogens (primary N) is 2. The molecule has 2 aliphatic rings. The highest BCUT2D eigenvalue weighted by molar-refractivity contribution is 7.13. The van der Waals surface area contributed by atoms with Crippen molar-refractivity contribution in [1.29, 1.82) is 0 Å². The zero-order valence-electron chi connectivity index (χ0n) is 44.7. The van der Waals surface area contributed by atoms with Crippen molar-refractivity contribution >= 4 is 51.9 Å². The Kier molecular flexibility index (Phi) is 17.4. The highest BCUT2D eigenvalue weighted by atomic mass is 32.1. The fourth-order valence-corrected chi connectivity index (χ4v) is 10.7. The first-order valence-corrected chi connectivity index (χ1v) is 27.5. The third-order valence-electron chi connectivity index (χ3n) is 14.5. The number of hydrogen-bond acceptors (Lipinski definition) is 14. The Morgan fingerprint density at radius 3 is 2.32 bits per heavy atom. The molecule has 18 nitrogen and oxygen atoms in total. The standard InChI is InChI=1S/C59H69N11O7S/c1-37-51(78-36-65-37)40-14-11-39(12-15-40)34-64-56(74)48-33-44(71)35-69(48)57(75)52(58(2,3)4)68-50(73)23-28-76-30-31-77-29-27-62-49(72)22-13-38-8-5-9-41(32-38)46-20-21-47-55(66-46)70(54(67-47)45-10-6-26-63-53(45)60)43-18-16-42(17-19-43)59(61)24-7-25-59/h5-6,8-12,14-21,26,32,36,44,48,52,71H,7,13,22-25,27-31,33-35,61H2,1-4H3,(H2,60,63)(H,62,72)(H,64,74)(H,68,73)/t44-,48+,52-/m1/s1. The lowest BCUT2D eigenvalue weighted by Gasteiger charge is -2.38. The quantitative estimate of drug-likeness (QED) is 0.0383. The molecule has 3 atom stereocenters. The van der Waals surface area contributed by atoms with E-state index in [-0.39, 0.29) is 82.0 Å². The van der Waals surface area contributed by atoms with E-state index in [1.54, 1.807) is 17.5 Å². The fourth-order valence-electron chi connectivity index (χ4n) is 9.93. The number of nitrogens with zero attached hydrogens (tertiary/aromatic N) is 6. The van der Waals surface area contributed by atoms with Crippen molar-refractivity contribution in [2.24, 2.45) is 11.1 Å². The van der Waals surface area contributed by atoms with Crippen molar-refractivity contribution in [2.75, 3.05) is 45.3 Å². The number of benzene rings is 3. The molecule has 2 fully saturated rings. The van der Waals surface area contributed by atoms with Crippen LogP contribution in [0.15, 0.2) is 109 Å². The number of likely N-dealkylation sites (tertiary alicyclic amines) is 1. The molecule has 0 radical (unpaired) electrons. The van der Waals surface area contributed by atoms with Crippen LogP contribution in [0.3, 0.4) is 0 Å². The maximum Gasteiger partial charge on any atom is 0.246 e. The summed E-state index contributed by atoms with van der Waals surface area (Å²) in [5, 5.41) is 19.3. The number of anilines is 1. The summed E-state index contributed by atoms with van der Waals surface area (Å²) in [5.74, 6) is -0.290. The molecule has 9 rings (SSSR count). The molecule has 0 bridgehead atoms. The Bertz CT molecular complexity index is 3240. The smallest absolute Gasteiger partial charge is 0.246 e. The van der Waals surface area contributed by atoms with Crippen molar-refractivity contribution in [3.63, 3.8) is 0 Å². The minimum atomic E-state index is -0.951. The van der Waals surface area contributed by atoms with Gasteiger partial charge in [-0.05, 0) is 103 Å². The van der Waals surface area contributed by atoms with Crippen molar-refractivity contribution in [1.82, 2.24) is 45.4 Å². The summed E-state index contributed by atoms with van der Waals surface area (Å²) in [6.45, 7) is 8.90. The maximum absolute atomic E-state index is 14.0. The minimum Gasteiger partial charge on any atom is -0.391 e. The van der Waals surface area contributed by atoms with Gasteiger partial charge in [0, 0.05) is 61.9 Å². The number of ether oxygens (including phenoxy) is 2. The highest BCUT2D eigenvalue weighted by Crippen LogP contribution is 2.40. The van der Waals surface area contributed by atoms with Gasteiger partial charge in [-0.15, -0.1) is 11.3 Å². The van der Waals surface area contributed by atoms with Gasteiger partial charge in [0.15, 0.2) is 11.5 Å². The minimum absolute atomic E-state index is 0.000960. The number of aliphatic hydroxyl groups excluding tert-OH is 1. The van der Waals surface area contributed by atoms with Crippen molar-refractivity contribution < 1.29 is 33.8 Å². The first-order chi connectivity index (χ1) is 37.5. The average Bonchev–Trinajstić information content (AvgIpc) is 4.28. The predicted molar refractivity (Wildman–Crippen MR) is 301 cm³/mol. The molecule has 3 aromatic carbocycles. The number of nitrogens with one attached hydrogen (secondary N) is 3. The van der Waals surface area contributed by atoms with Crippen molar-refractivity contribution in [3.05, 3.63) is 131 Å². The molecule has 5 heterocycles. The van der Waals surface area contributed by atoms with Gasteiger partial charge in [-0.3, -0.25) is 23.7 Å². The van der Waals surface area contributed by atoms with Gasteiger partial charge in [0.2, 0.25) is 23.6 Å². The number of rotatable bonds is 22. The Balaban J connectivity index is 0.691. The van der Waals surface area contributed by atoms with Crippen LogP contribution in [0, 0.1) is 12.3 Å². The number of carbonyl (C=O) groups excluding carboxylic acids is 4. The highest BCUT2D eigenvalue weighted by Gasteiger charge is 2.44. The van der Waals surface area contributed by atoms with E-state index in [9.17, 15) is 24.3 Å². The fraction of sp³-hybridized carbons (Fsp3) is 0.390. The summed E-state index contributed by atoms with van der Waals surface area (Å²) in [5.41, 5.74) is 23.5. The molecular weight excluding hydrogens is 1010 g/mol. The van der Waals surface area contributed by atoms with Crippen molar-refractivity contribution in [2.45, 2.75) is 103 Å². The van der Waals surface area contributed by atoms with Gasteiger partial charge in [0.25, 0.3) is 0 Å². The molecule has 78 heavy (non-hydrogen) atoms. The number of fused-ring (bicyclic) bond motifs is 1. The van der Waals surface area contributed by atoms with Crippen LogP contribution in [0.25, 0.3) is 49.9 Å². The van der Waals surface area contributed by atoms with Gasteiger partial charge in [-0.1, -0.05) is 75.4 Å². The average molecular weight is 1080 g/mol. The number of thiazole rings is 1. The molecular formula is C59H69N11O7S. The molecule has 0 spiro atoms. The van der Waals surface area contributed by atoms with E-state index in [1.807, 2.05) is 105 Å². The molecule has 1 saturated carbocycles. The summed E-state index contributed by atoms with van der Waals surface area (Å²) in [7, 11) is 0. The Labute approximate surface area is 458 Å². The molecule has 408 valence electrons. The van der Waals surface area contributed by atoms with Crippen LogP contribution in [0.5, 0.6) is 0 Å². The summed E-state index contributed by atoms with van der Waals surface area (Å²) in [6, 6.07) is 30.0.